The van der Waals surface area contributed by atoms with Crippen molar-refractivity contribution >= 4 is 5.91 Å². The standard InChI is InChI=1S/C17H19FN4O2/c18-16-11(6-7-19-13(16)9-23)12-8-20-17(21-12)14-5-4-10-2-1-3-15(24)22(10)14/h6-8,10,14,23H,1-5,9H2,(H,20,21). The number of H-pyrrole nitrogens is 1. The summed E-state index contributed by atoms with van der Waals surface area (Å²) in [4.78, 5) is 25.6. The summed E-state index contributed by atoms with van der Waals surface area (Å²) in [6, 6.07) is 1.80. The summed E-state index contributed by atoms with van der Waals surface area (Å²) in [7, 11) is 0. The molecule has 0 bridgehead atoms. The molecular weight excluding hydrogens is 311 g/mol. The van der Waals surface area contributed by atoms with Gasteiger partial charge in [0, 0.05) is 24.2 Å². The molecule has 4 heterocycles. The number of hydrogen-bond acceptors (Lipinski definition) is 4. The number of amides is 1. The third kappa shape index (κ3) is 2.39. The first kappa shape index (κ1) is 15.3. The van der Waals surface area contributed by atoms with Gasteiger partial charge < -0.3 is 15.0 Å². The summed E-state index contributed by atoms with van der Waals surface area (Å²) in [5.41, 5.74) is 0.871. The molecule has 0 spiro atoms. The van der Waals surface area contributed by atoms with Gasteiger partial charge in [0.1, 0.15) is 11.5 Å². The summed E-state index contributed by atoms with van der Waals surface area (Å²) in [6.07, 6.45) is 7.52. The number of hydrogen-bond donors (Lipinski definition) is 2. The van der Waals surface area contributed by atoms with Crippen LogP contribution in [0.2, 0.25) is 0 Å². The first-order chi connectivity index (χ1) is 11.7. The van der Waals surface area contributed by atoms with Crippen molar-refractivity contribution in [2.75, 3.05) is 0 Å². The number of aromatic amines is 1. The van der Waals surface area contributed by atoms with Gasteiger partial charge in [0.05, 0.1) is 24.5 Å². The molecule has 6 nitrogen and oxygen atoms in total. The summed E-state index contributed by atoms with van der Waals surface area (Å²) in [5.74, 6) is 0.336. The number of fused-ring (bicyclic) bond motifs is 1. The molecule has 24 heavy (non-hydrogen) atoms. The van der Waals surface area contributed by atoms with Crippen molar-refractivity contribution in [2.45, 2.75) is 50.8 Å². The molecule has 2 aliphatic heterocycles. The Morgan fingerprint density at radius 2 is 2.21 bits per heavy atom. The van der Waals surface area contributed by atoms with E-state index >= 15 is 0 Å². The van der Waals surface area contributed by atoms with Crippen molar-refractivity contribution in [2.24, 2.45) is 0 Å². The van der Waals surface area contributed by atoms with Crippen LogP contribution in [0.15, 0.2) is 18.5 Å². The number of aromatic nitrogens is 3. The fraction of sp³-hybridized carbons (Fsp3) is 0.471. The number of aliphatic hydroxyl groups excluding tert-OH is 1. The van der Waals surface area contributed by atoms with Crippen LogP contribution in [0.3, 0.4) is 0 Å². The molecule has 2 N–H and O–H groups in total. The largest absolute Gasteiger partial charge is 0.390 e. The molecule has 0 aromatic carbocycles. The Labute approximate surface area is 138 Å². The molecule has 2 aromatic heterocycles. The van der Waals surface area contributed by atoms with E-state index in [0.717, 1.165) is 25.7 Å². The van der Waals surface area contributed by atoms with Crippen LogP contribution in [0.1, 0.15) is 49.7 Å². The van der Waals surface area contributed by atoms with E-state index in [1.807, 2.05) is 4.90 Å². The number of halogens is 1. The lowest BCUT2D eigenvalue weighted by atomic mass is 10.0. The van der Waals surface area contributed by atoms with Crippen molar-refractivity contribution in [3.63, 3.8) is 0 Å². The highest BCUT2D eigenvalue weighted by Crippen LogP contribution is 2.40. The summed E-state index contributed by atoms with van der Waals surface area (Å²) < 4.78 is 14.3. The van der Waals surface area contributed by atoms with E-state index in [1.165, 1.54) is 6.20 Å². The summed E-state index contributed by atoms with van der Waals surface area (Å²) >= 11 is 0. The predicted molar refractivity (Wildman–Crippen MR) is 84.2 cm³/mol. The Kier molecular flexibility index (Phi) is 3.80. The molecule has 2 aromatic rings. The van der Waals surface area contributed by atoms with E-state index in [2.05, 4.69) is 15.0 Å². The second-order valence-corrected chi connectivity index (χ2v) is 6.40. The van der Waals surface area contributed by atoms with Crippen molar-refractivity contribution in [3.8, 4) is 11.3 Å². The van der Waals surface area contributed by atoms with E-state index in [0.29, 0.717) is 29.5 Å². The Morgan fingerprint density at radius 3 is 3.04 bits per heavy atom. The summed E-state index contributed by atoms with van der Waals surface area (Å²) in [6.45, 7) is -0.451. The third-order valence-electron chi connectivity index (χ3n) is 5.03. The van der Waals surface area contributed by atoms with Gasteiger partial charge in [-0.3, -0.25) is 9.78 Å². The van der Waals surface area contributed by atoms with E-state index in [9.17, 15) is 9.18 Å². The van der Waals surface area contributed by atoms with Crippen molar-refractivity contribution in [3.05, 3.63) is 35.8 Å². The lowest BCUT2D eigenvalue weighted by Gasteiger charge is -2.33. The third-order valence-corrected chi connectivity index (χ3v) is 5.03. The molecule has 2 unspecified atom stereocenters. The minimum Gasteiger partial charge on any atom is -0.390 e. The van der Waals surface area contributed by atoms with E-state index in [4.69, 9.17) is 5.11 Å². The van der Waals surface area contributed by atoms with E-state index in [1.54, 1.807) is 12.3 Å². The van der Waals surface area contributed by atoms with Crippen LogP contribution >= 0.6 is 0 Å². The first-order valence-corrected chi connectivity index (χ1v) is 8.29. The maximum absolute atomic E-state index is 14.3. The lowest BCUT2D eigenvalue weighted by molar-refractivity contribution is -0.137. The van der Waals surface area contributed by atoms with Crippen LogP contribution in [-0.4, -0.2) is 36.9 Å². The molecule has 2 aliphatic rings. The van der Waals surface area contributed by atoms with Crippen LogP contribution < -0.4 is 0 Å². The lowest BCUT2D eigenvalue weighted by Crippen LogP contribution is -2.40. The van der Waals surface area contributed by atoms with Gasteiger partial charge in [-0.25, -0.2) is 9.37 Å². The number of carbonyl (C=O) groups excluding carboxylic acids is 1. The van der Waals surface area contributed by atoms with Crippen LogP contribution in [0.5, 0.6) is 0 Å². The molecule has 0 radical (unpaired) electrons. The van der Waals surface area contributed by atoms with Gasteiger partial charge in [0.25, 0.3) is 0 Å². The van der Waals surface area contributed by atoms with Crippen molar-refractivity contribution in [1.29, 1.82) is 0 Å². The Bertz CT molecular complexity index is 776. The maximum Gasteiger partial charge on any atom is 0.223 e. The zero-order valence-electron chi connectivity index (χ0n) is 13.2. The molecule has 7 heteroatoms. The van der Waals surface area contributed by atoms with Gasteiger partial charge in [0.2, 0.25) is 5.91 Å². The highest BCUT2D eigenvalue weighted by molar-refractivity contribution is 5.78. The number of carbonyl (C=O) groups is 1. The fourth-order valence-electron chi connectivity index (χ4n) is 3.88. The zero-order valence-corrected chi connectivity index (χ0v) is 13.2. The minimum atomic E-state index is -0.548. The van der Waals surface area contributed by atoms with Gasteiger partial charge in [-0.05, 0) is 31.7 Å². The average Bonchev–Trinajstić information content (AvgIpc) is 3.22. The molecule has 2 fully saturated rings. The van der Waals surface area contributed by atoms with Gasteiger partial charge in [-0.15, -0.1) is 0 Å². The number of pyridine rings is 1. The molecular formula is C17H19FN4O2. The van der Waals surface area contributed by atoms with E-state index in [-0.39, 0.29) is 17.6 Å². The smallest absolute Gasteiger partial charge is 0.223 e. The molecule has 2 saturated heterocycles. The Hall–Kier alpha value is -2.28. The monoisotopic (exact) mass is 330 g/mol. The molecule has 0 aliphatic carbocycles. The zero-order chi connectivity index (χ0) is 16.7. The molecule has 4 rings (SSSR count). The second kappa shape index (κ2) is 5.98. The Balaban J connectivity index is 1.65. The van der Waals surface area contributed by atoms with Crippen LogP contribution in [0, 0.1) is 5.82 Å². The SMILES string of the molecule is O=C1CCCC2CCC(c3ncc(-c4ccnc(CO)c4F)[nH]3)N12. The molecule has 1 amide bonds. The molecule has 2 atom stereocenters. The average molecular weight is 330 g/mol. The number of nitrogens with zero attached hydrogens (tertiary/aromatic N) is 3. The topological polar surface area (TPSA) is 82.1 Å². The maximum atomic E-state index is 14.3. The normalized spacial score (nSPS) is 23.6. The number of nitrogens with one attached hydrogen (secondary N) is 1. The highest BCUT2D eigenvalue weighted by atomic mass is 19.1. The minimum absolute atomic E-state index is 0.00999. The second-order valence-electron chi connectivity index (χ2n) is 6.40. The number of piperidine rings is 1. The highest BCUT2D eigenvalue weighted by Gasteiger charge is 2.40. The van der Waals surface area contributed by atoms with Gasteiger partial charge in [-0.1, -0.05) is 0 Å². The Morgan fingerprint density at radius 1 is 1.33 bits per heavy atom. The van der Waals surface area contributed by atoms with E-state index < -0.39 is 12.4 Å². The fourth-order valence-corrected chi connectivity index (χ4v) is 3.88. The van der Waals surface area contributed by atoms with Crippen LogP contribution in [-0.2, 0) is 11.4 Å². The molecule has 0 saturated carbocycles. The first-order valence-electron chi connectivity index (χ1n) is 8.29. The van der Waals surface area contributed by atoms with Gasteiger partial charge in [0.15, 0.2) is 5.82 Å². The quantitative estimate of drug-likeness (QED) is 0.905. The number of aliphatic hydroxyl groups is 1. The molecule has 126 valence electrons. The predicted octanol–water partition coefficient (Wildman–Crippen LogP) is 2.32. The van der Waals surface area contributed by atoms with Gasteiger partial charge in [-0.2, -0.15) is 0 Å². The van der Waals surface area contributed by atoms with Crippen LogP contribution in [0.4, 0.5) is 4.39 Å². The van der Waals surface area contributed by atoms with Crippen molar-refractivity contribution in [1.82, 2.24) is 19.9 Å². The van der Waals surface area contributed by atoms with Gasteiger partial charge >= 0.3 is 0 Å². The number of imidazole rings is 1. The summed E-state index contributed by atoms with van der Waals surface area (Å²) in [5, 5.41) is 9.15. The van der Waals surface area contributed by atoms with Crippen molar-refractivity contribution < 1.29 is 14.3 Å². The number of rotatable bonds is 3. The van der Waals surface area contributed by atoms with Crippen LogP contribution in [0.25, 0.3) is 11.3 Å².